The van der Waals surface area contributed by atoms with E-state index in [2.05, 4.69) is 10.2 Å². The molecule has 1 atom stereocenters. The van der Waals surface area contributed by atoms with E-state index in [-0.39, 0.29) is 17.2 Å². The molecular formula is C24H28N2O4. The fourth-order valence-corrected chi connectivity index (χ4v) is 4.07. The number of nitrogens with one attached hydrogen (secondary N) is 1. The first-order chi connectivity index (χ1) is 14.4. The zero-order chi connectivity index (χ0) is 21.3. The van der Waals surface area contributed by atoms with Gasteiger partial charge in [0, 0.05) is 12.6 Å². The van der Waals surface area contributed by atoms with Gasteiger partial charge in [-0.05, 0) is 82.1 Å². The Balaban J connectivity index is 1.56. The van der Waals surface area contributed by atoms with E-state index in [4.69, 9.17) is 8.83 Å². The molecule has 30 heavy (non-hydrogen) atoms. The minimum Gasteiger partial charge on any atom is -0.465 e. The third-order valence-corrected chi connectivity index (χ3v) is 5.94. The van der Waals surface area contributed by atoms with Crippen molar-refractivity contribution in [3.05, 3.63) is 69.0 Å². The van der Waals surface area contributed by atoms with Crippen LogP contribution < -0.4 is 10.7 Å². The molecule has 1 aliphatic heterocycles. The van der Waals surface area contributed by atoms with Gasteiger partial charge in [-0.15, -0.1) is 0 Å². The standard InChI is InChI=1S/C24H28N2O4/c1-15-11-18-20(27)13-23(30-22(18)12-16(15)2)24(28)25-14-19(21-8-7-17(3)29-21)26-9-5-4-6-10-26/h7-8,11-13,19H,4-6,9-10,14H2,1-3H3,(H,25,28)/t19-/m1/s1. The number of likely N-dealkylation sites (tertiary alicyclic amines) is 1. The van der Waals surface area contributed by atoms with Crippen LogP contribution in [-0.4, -0.2) is 30.4 Å². The average molecular weight is 408 g/mol. The van der Waals surface area contributed by atoms with Gasteiger partial charge in [0.15, 0.2) is 11.2 Å². The third kappa shape index (κ3) is 4.19. The van der Waals surface area contributed by atoms with Crippen LogP contribution in [0, 0.1) is 20.8 Å². The fourth-order valence-electron chi connectivity index (χ4n) is 4.07. The van der Waals surface area contributed by atoms with Crippen molar-refractivity contribution in [1.29, 1.82) is 0 Å². The van der Waals surface area contributed by atoms with Crippen molar-refractivity contribution in [2.45, 2.75) is 46.1 Å². The summed E-state index contributed by atoms with van der Waals surface area (Å²) in [6.07, 6.45) is 3.51. The van der Waals surface area contributed by atoms with Crippen molar-refractivity contribution < 1.29 is 13.6 Å². The number of hydrogen-bond acceptors (Lipinski definition) is 5. The summed E-state index contributed by atoms with van der Waals surface area (Å²) in [4.78, 5) is 27.7. The molecule has 0 radical (unpaired) electrons. The van der Waals surface area contributed by atoms with Crippen molar-refractivity contribution in [3.8, 4) is 0 Å². The number of nitrogens with zero attached hydrogens (tertiary/aromatic N) is 1. The lowest BCUT2D eigenvalue weighted by Gasteiger charge is -2.33. The van der Waals surface area contributed by atoms with Gasteiger partial charge in [0.2, 0.25) is 0 Å². The Labute approximate surface area is 175 Å². The molecule has 0 bridgehead atoms. The van der Waals surface area contributed by atoms with E-state index in [1.54, 1.807) is 0 Å². The molecule has 4 rings (SSSR count). The molecule has 1 fully saturated rings. The second-order valence-electron chi connectivity index (χ2n) is 8.18. The normalized spacial score (nSPS) is 16.0. The molecule has 6 heteroatoms. The first-order valence-corrected chi connectivity index (χ1v) is 10.6. The minimum atomic E-state index is -0.391. The van der Waals surface area contributed by atoms with E-state index in [9.17, 15) is 9.59 Å². The Bertz CT molecular complexity index is 1120. The molecule has 3 heterocycles. The Hall–Kier alpha value is -2.86. The number of fused-ring (bicyclic) bond motifs is 1. The molecule has 6 nitrogen and oxygen atoms in total. The van der Waals surface area contributed by atoms with E-state index in [0.29, 0.717) is 17.5 Å². The topological polar surface area (TPSA) is 75.7 Å². The van der Waals surface area contributed by atoms with Gasteiger partial charge in [-0.25, -0.2) is 0 Å². The van der Waals surface area contributed by atoms with Gasteiger partial charge in [-0.2, -0.15) is 0 Å². The van der Waals surface area contributed by atoms with Gasteiger partial charge in [-0.3, -0.25) is 14.5 Å². The van der Waals surface area contributed by atoms with Crippen LogP contribution in [0.4, 0.5) is 0 Å². The zero-order valence-electron chi connectivity index (χ0n) is 17.8. The van der Waals surface area contributed by atoms with Crippen LogP contribution in [0.15, 0.2) is 44.0 Å². The van der Waals surface area contributed by atoms with E-state index < -0.39 is 5.91 Å². The van der Waals surface area contributed by atoms with Crippen molar-refractivity contribution in [1.82, 2.24) is 10.2 Å². The number of furan rings is 1. The summed E-state index contributed by atoms with van der Waals surface area (Å²) < 4.78 is 11.7. The summed E-state index contributed by atoms with van der Waals surface area (Å²) in [7, 11) is 0. The lowest BCUT2D eigenvalue weighted by Crippen LogP contribution is -2.40. The van der Waals surface area contributed by atoms with Gasteiger partial charge >= 0.3 is 0 Å². The average Bonchev–Trinajstić information content (AvgIpc) is 3.16. The smallest absolute Gasteiger partial charge is 0.287 e. The maximum Gasteiger partial charge on any atom is 0.287 e. The maximum atomic E-state index is 12.8. The number of carbonyl (C=O) groups is 1. The van der Waals surface area contributed by atoms with Crippen molar-refractivity contribution in [3.63, 3.8) is 0 Å². The largest absolute Gasteiger partial charge is 0.465 e. The Morgan fingerprint density at radius 3 is 2.47 bits per heavy atom. The zero-order valence-corrected chi connectivity index (χ0v) is 17.8. The van der Waals surface area contributed by atoms with Crippen LogP contribution >= 0.6 is 0 Å². The number of amides is 1. The molecular weight excluding hydrogens is 380 g/mol. The highest BCUT2D eigenvalue weighted by Gasteiger charge is 2.26. The number of piperidine rings is 1. The lowest BCUT2D eigenvalue weighted by molar-refractivity contribution is 0.0887. The summed E-state index contributed by atoms with van der Waals surface area (Å²) in [5.41, 5.74) is 2.26. The highest BCUT2D eigenvalue weighted by molar-refractivity contribution is 5.93. The molecule has 0 aliphatic carbocycles. The first-order valence-electron chi connectivity index (χ1n) is 10.6. The van der Waals surface area contributed by atoms with Crippen LogP contribution in [0.1, 0.15) is 58.5 Å². The number of aryl methyl sites for hydroxylation is 3. The Kier molecular flexibility index (Phi) is 5.77. The van der Waals surface area contributed by atoms with E-state index in [0.717, 1.165) is 48.6 Å². The summed E-state index contributed by atoms with van der Waals surface area (Å²) in [6.45, 7) is 8.17. The van der Waals surface area contributed by atoms with Crippen molar-refractivity contribution in [2.24, 2.45) is 0 Å². The summed E-state index contributed by atoms with van der Waals surface area (Å²) in [6, 6.07) is 8.77. The SMILES string of the molecule is Cc1ccc([C@@H](CNC(=O)c2cc(=O)c3cc(C)c(C)cc3o2)N2CCCCC2)o1. The second kappa shape index (κ2) is 8.48. The van der Waals surface area contributed by atoms with Crippen LogP contribution in [-0.2, 0) is 0 Å². The number of carbonyl (C=O) groups excluding carboxylic acids is 1. The van der Waals surface area contributed by atoms with E-state index in [1.165, 1.54) is 12.5 Å². The van der Waals surface area contributed by atoms with Crippen LogP contribution in [0.25, 0.3) is 11.0 Å². The molecule has 1 aromatic carbocycles. The molecule has 1 amide bonds. The summed E-state index contributed by atoms with van der Waals surface area (Å²) in [5.74, 6) is 1.34. The molecule has 0 unspecified atom stereocenters. The number of rotatable bonds is 5. The highest BCUT2D eigenvalue weighted by atomic mass is 16.3. The Morgan fingerprint density at radius 2 is 1.77 bits per heavy atom. The monoisotopic (exact) mass is 408 g/mol. The summed E-state index contributed by atoms with van der Waals surface area (Å²) >= 11 is 0. The molecule has 1 N–H and O–H groups in total. The summed E-state index contributed by atoms with van der Waals surface area (Å²) in [5, 5.41) is 3.44. The Morgan fingerprint density at radius 1 is 1.03 bits per heavy atom. The van der Waals surface area contributed by atoms with Gasteiger partial charge in [0.1, 0.15) is 17.1 Å². The molecule has 1 saturated heterocycles. The molecule has 0 saturated carbocycles. The predicted octanol–water partition coefficient (Wildman–Crippen LogP) is 4.27. The van der Waals surface area contributed by atoms with Crippen LogP contribution in [0.5, 0.6) is 0 Å². The molecule has 1 aliphatic rings. The molecule has 2 aromatic heterocycles. The molecule has 3 aromatic rings. The van der Waals surface area contributed by atoms with E-state index >= 15 is 0 Å². The van der Waals surface area contributed by atoms with Gasteiger partial charge in [-0.1, -0.05) is 6.42 Å². The van der Waals surface area contributed by atoms with Crippen molar-refractivity contribution >= 4 is 16.9 Å². The maximum absolute atomic E-state index is 12.8. The minimum absolute atomic E-state index is 0.0313. The second-order valence-corrected chi connectivity index (χ2v) is 8.18. The van der Waals surface area contributed by atoms with Crippen molar-refractivity contribution in [2.75, 3.05) is 19.6 Å². The van der Waals surface area contributed by atoms with Gasteiger partial charge < -0.3 is 14.2 Å². The fraction of sp³-hybridized carbons (Fsp3) is 0.417. The number of benzene rings is 1. The third-order valence-electron chi connectivity index (χ3n) is 5.94. The number of hydrogen-bond donors (Lipinski definition) is 1. The van der Waals surface area contributed by atoms with Crippen LogP contribution in [0.3, 0.4) is 0 Å². The van der Waals surface area contributed by atoms with E-state index in [1.807, 2.05) is 45.0 Å². The van der Waals surface area contributed by atoms with Gasteiger partial charge in [0.05, 0.1) is 11.4 Å². The van der Waals surface area contributed by atoms with Crippen LogP contribution in [0.2, 0.25) is 0 Å². The molecule has 0 spiro atoms. The predicted molar refractivity (Wildman–Crippen MR) is 116 cm³/mol. The van der Waals surface area contributed by atoms with Gasteiger partial charge in [0.25, 0.3) is 5.91 Å². The lowest BCUT2D eigenvalue weighted by atomic mass is 10.1. The first kappa shape index (κ1) is 20.4. The quantitative estimate of drug-likeness (QED) is 0.682. The molecule has 158 valence electrons. The highest BCUT2D eigenvalue weighted by Crippen LogP contribution is 2.26.